The second-order valence-electron chi connectivity index (χ2n) is 6.68. The number of aromatic nitrogens is 1. The van der Waals surface area contributed by atoms with Crippen molar-refractivity contribution in [3.05, 3.63) is 65.5 Å². The lowest BCUT2D eigenvalue weighted by Crippen LogP contribution is -2.47. The van der Waals surface area contributed by atoms with Gasteiger partial charge < -0.3 is 10.1 Å². The summed E-state index contributed by atoms with van der Waals surface area (Å²) >= 11 is 6.96. The van der Waals surface area contributed by atoms with E-state index in [-0.39, 0.29) is 30.2 Å². The average Bonchev–Trinajstić information content (AvgIpc) is 3.52. The van der Waals surface area contributed by atoms with E-state index < -0.39 is 11.3 Å². The third-order valence-electron chi connectivity index (χ3n) is 4.79. The van der Waals surface area contributed by atoms with Crippen LogP contribution in [-0.2, 0) is 9.61 Å². The first-order valence-electron chi connectivity index (χ1n) is 8.75. The summed E-state index contributed by atoms with van der Waals surface area (Å²) in [4.78, 5) is 15.2. The van der Waals surface area contributed by atoms with Crippen LogP contribution in [0, 0.1) is 5.92 Å². The van der Waals surface area contributed by atoms with E-state index in [1.165, 1.54) is 18.3 Å². The monoisotopic (exact) mass is 394 g/mol. The van der Waals surface area contributed by atoms with E-state index in [9.17, 15) is 13.6 Å². The largest absolute Gasteiger partial charge is 0.379 e. The number of carbonyl (C=O) groups is 1. The number of nitrogens with one attached hydrogen (secondary N) is 1. The number of amides is 1. The topological polar surface area (TPSA) is 51.2 Å². The molecular formula is C20H21ClF2N2O2. The predicted octanol–water partition coefficient (Wildman–Crippen LogP) is 4.31. The van der Waals surface area contributed by atoms with Gasteiger partial charge in [0.25, 0.3) is 12.3 Å². The van der Waals surface area contributed by atoms with E-state index in [2.05, 4.69) is 10.3 Å². The van der Waals surface area contributed by atoms with Crippen molar-refractivity contribution in [2.75, 3.05) is 13.7 Å². The highest BCUT2D eigenvalue weighted by atomic mass is 35.5. The van der Waals surface area contributed by atoms with Crippen LogP contribution in [0.5, 0.6) is 0 Å². The molecule has 1 amide bonds. The van der Waals surface area contributed by atoms with Gasteiger partial charge in [-0.3, -0.25) is 9.78 Å². The van der Waals surface area contributed by atoms with Gasteiger partial charge in [0.2, 0.25) is 0 Å². The molecule has 1 fully saturated rings. The lowest BCUT2D eigenvalue weighted by Gasteiger charge is -2.35. The number of carbonyl (C=O) groups excluding carboxylic acids is 1. The Morgan fingerprint density at radius 2 is 2.00 bits per heavy atom. The van der Waals surface area contributed by atoms with Crippen molar-refractivity contribution < 1.29 is 18.3 Å². The molecule has 2 unspecified atom stereocenters. The maximum atomic E-state index is 12.8. The summed E-state index contributed by atoms with van der Waals surface area (Å²) < 4.78 is 31.3. The number of methoxy groups -OCH3 is 1. The molecule has 1 aliphatic rings. The summed E-state index contributed by atoms with van der Waals surface area (Å²) in [5.74, 6) is -0.000614. The molecule has 4 nitrogen and oxygen atoms in total. The van der Waals surface area contributed by atoms with Crippen molar-refractivity contribution in [1.82, 2.24) is 10.3 Å². The lowest BCUT2D eigenvalue weighted by molar-refractivity contribution is 0.0449. The second-order valence-corrected chi connectivity index (χ2v) is 7.35. The Hall–Kier alpha value is -2.05. The van der Waals surface area contributed by atoms with Crippen molar-refractivity contribution in [3.8, 4) is 0 Å². The van der Waals surface area contributed by atoms with E-state index in [4.69, 9.17) is 16.3 Å². The molecule has 27 heavy (non-hydrogen) atoms. The molecule has 2 atom stereocenters. The Kier molecular flexibility index (Phi) is 6.07. The molecule has 1 N–H and O–H groups in total. The molecule has 1 aromatic carbocycles. The third kappa shape index (κ3) is 4.45. The van der Waals surface area contributed by atoms with Crippen molar-refractivity contribution in [2.24, 2.45) is 5.92 Å². The fourth-order valence-corrected chi connectivity index (χ4v) is 3.65. The molecule has 1 heterocycles. The van der Waals surface area contributed by atoms with Crippen molar-refractivity contribution in [2.45, 2.75) is 30.2 Å². The Morgan fingerprint density at radius 3 is 2.52 bits per heavy atom. The van der Waals surface area contributed by atoms with Crippen LogP contribution in [0.25, 0.3) is 0 Å². The normalized spacial score (nSPS) is 17.4. The number of halogens is 3. The minimum atomic E-state index is -2.65. The van der Waals surface area contributed by atoms with Gasteiger partial charge in [-0.1, -0.05) is 24.3 Å². The quantitative estimate of drug-likeness (QED) is 0.679. The Balaban J connectivity index is 1.84. The second kappa shape index (κ2) is 8.31. The Bertz CT molecular complexity index is 769. The van der Waals surface area contributed by atoms with E-state index in [1.54, 1.807) is 31.4 Å². The van der Waals surface area contributed by atoms with Gasteiger partial charge in [-0.05, 0) is 42.5 Å². The molecule has 1 saturated carbocycles. The van der Waals surface area contributed by atoms with Gasteiger partial charge in [-0.2, -0.15) is 0 Å². The first-order chi connectivity index (χ1) is 13.0. The fraction of sp³-hybridized carbons (Fsp3) is 0.400. The lowest BCUT2D eigenvalue weighted by atomic mass is 9.90. The molecule has 3 rings (SSSR count). The molecule has 0 aliphatic heterocycles. The van der Waals surface area contributed by atoms with Gasteiger partial charge in [0.05, 0.1) is 6.10 Å². The van der Waals surface area contributed by atoms with Gasteiger partial charge >= 0.3 is 0 Å². The Morgan fingerprint density at radius 1 is 1.30 bits per heavy atom. The molecule has 0 spiro atoms. The van der Waals surface area contributed by atoms with Crippen molar-refractivity contribution in [1.29, 1.82) is 0 Å². The number of benzene rings is 1. The van der Waals surface area contributed by atoms with Crippen molar-refractivity contribution >= 4 is 17.5 Å². The van der Waals surface area contributed by atoms with Gasteiger partial charge in [0.15, 0.2) is 0 Å². The smallest absolute Gasteiger partial charge is 0.280 e. The fourth-order valence-electron chi connectivity index (χ4n) is 3.20. The number of rotatable bonds is 8. The van der Waals surface area contributed by atoms with Crippen molar-refractivity contribution in [3.63, 3.8) is 0 Å². The summed E-state index contributed by atoms with van der Waals surface area (Å²) in [7, 11) is 1.57. The number of nitrogens with zero attached hydrogens (tertiary/aromatic N) is 1. The number of hydrogen-bond acceptors (Lipinski definition) is 3. The van der Waals surface area contributed by atoms with Crippen LogP contribution in [0.15, 0.2) is 48.7 Å². The molecular weight excluding hydrogens is 374 g/mol. The van der Waals surface area contributed by atoms with E-state index in [0.717, 1.165) is 12.8 Å². The van der Waals surface area contributed by atoms with Crippen LogP contribution in [-0.4, -0.2) is 30.6 Å². The molecule has 1 aliphatic carbocycles. The molecule has 0 radical (unpaired) electrons. The van der Waals surface area contributed by atoms with Crippen LogP contribution in [0.1, 0.15) is 40.9 Å². The zero-order valence-corrected chi connectivity index (χ0v) is 15.6. The van der Waals surface area contributed by atoms with E-state index >= 15 is 0 Å². The summed E-state index contributed by atoms with van der Waals surface area (Å²) in [5.41, 5.74) is 0.746. The molecule has 0 bridgehead atoms. The molecule has 7 heteroatoms. The highest BCUT2D eigenvalue weighted by Gasteiger charge is 2.47. The Labute approximate surface area is 161 Å². The minimum Gasteiger partial charge on any atom is -0.379 e. The highest BCUT2D eigenvalue weighted by molar-refractivity contribution is 6.25. The zero-order chi connectivity index (χ0) is 19.4. The SMILES string of the molecule is COC(C1CC1)C(Cl)(CNC(=O)c1ccccc1)c1ccc(C(F)F)nc1. The number of hydrogen-bond donors (Lipinski definition) is 1. The summed E-state index contributed by atoms with van der Waals surface area (Å²) in [6.07, 6.45) is 0.277. The molecule has 144 valence electrons. The maximum Gasteiger partial charge on any atom is 0.280 e. The maximum absolute atomic E-state index is 12.8. The summed E-state index contributed by atoms with van der Waals surface area (Å²) in [6.45, 7) is 0.0903. The van der Waals surface area contributed by atoms with Gasteiger partial charge in [-0.25, -0.2) is 8.78 Å². The van der Waals surface area contributed by atoms with Gasteiger partial charge in [-0.15, -0.1) is 11.6 Å². The average molecular weight is 395 g/mol. The van der Waals surface area contributed by atoms with Crippen LogP contribution < -0.4 is 5.32 Å². The third-order valence-corrected chi connectivity index (χ3v) is 5.35. The predicted molar refractivity (Wildman–Crippen MR) is 99.0 cm³/mol. The number of pyridine rings is 1. The van der Waals surface area contributed by atoms with Gasteiger partial charge in [0.1, 0.15) is 10.6 Å². The van der Waals surface area contributed by atoms with E-state index in [0.29, 0.717) is 11.1 Å². The molecule has 1 aromatic heterocycles. The standard InChI is InChI=1S/C20H21ClF2N2O2/c1-27-17(13-7-8-13)20(21,15-9-10-16(18(22)23)24-11-15)12-25-19(26)14-5-3-2-4-6-14/h2-6,9-11,13,17-18H,7-8,12H2,1H3,(H,25,26). The number of alkyl halides is 3. The minimum absolute atomic E-state index is 0.0903. The first-order valence-corrected chi connectivity index (χ1v) is 9.13. The molecule has 2 aromatic rings. The highest BCUT2D eigenvalue weighted by Crippen LogP contribution is 2.46. The van der Waals surface area contributed by atoms with E-state index in [1.807, 2.05) is 6.07 Å². The number of ether oxygens (including phenoxy) is 1. The van der Waals surface area contributed by atoms with Crippen LogP contribution >= 0.6 is 11.6 Å². The van der Waals surface area contributed by atoms with Gasteiger partial charge in [0, 0.05) is 25.4 Å². The molecule has 0 saturated heterocycles. The van der Waals surface area contributed by atoms with Crippen LogP contribution in [0.4, 0.5) is 8.78 Å². The van der Waals surface area contributed by atoms with Crippen LogP contribution in [0.2, 0.25) is 0 Å². The first kappa shape index (κ1) is 19.7. The zero-order valence-electron chi connectivity index (χ0n) is 14.9. The van der Waals surface area contributed by atoms with Crippen LogP contribution in [0.3, 0.4) is 0 Å². The summed E-state index contributed by atoms with van der Waals surface area (Å²) in [5, 5.41) is 2.85. The summed E-state index contributed by atoms with van der Waals surface area (Å²) in [6, 6.07) is 11.6.